The fraction of sp³-hybridized carbons (Fsp3) is 0.478. The highest BCUT2D eigenvalue weighted by Crippen LogP contribution is 2.25. The summed E-state index contributed by atoms with van der Waals surface area (Å²) in [4.78, 5) is 19.1. The van der Waals surface area contributed by atoms with Crippen molar-refractivity contribution in [3.63, 3.8) is 0 Å². The van der Waals surface area contributed by atoms with Gasteiger partial charge in [0, 0.05) is 38.5 Å². The lowest BCUT2D eigenvalue weighted by atomic mass is 10.1. The van der Waals surface area contributed by atoms with E-state index in [-0.39, 0.29) is 24.2 Å². The minimum absolute atomic E-state index is 0.0129. The number of aryl methyl sites for hydroxylation is 2. The first kappa shape index (κ1) is 21.0. The lowest BCUT2D eigenvalue weighted by Crippen LogP contribution is -2.37. The summed E-state index contributed by atoms with van der Waals surface area (Å²) in [5, 5.41) is 0. The third-order valence-corrected chi connectivity index (χ3v) is 7.62. The molecule has 2 heterocycles. The van der Waals surface area contributed by atoms with Crippen LogP contribution in [0.5, 0.6) is 0 Å². The summed E-state index contributed by atoms with van der Waals surface area (Å²) in [5.74, 6) is -0.348. The highest BCUT2D eigenvalue weighted by Gasteiger charge is 2.25. The molecular formula is C23H28N2O4S. The van der Waals surface area contributed by atoms with Crippen molar-refractivity contribution in [3.8, 4) is 0 Å². The number of amides is 1. The van der Waals surface area contributed by atoms with E-state index in [1.807, 2.05) is 18.2 Å². The Labute approximate surface area is 178 Å². The topological polar surface area (TPSA) is 76.6 Å². The lowest BCUT2D eigenvalue weighted by molar-refractivity contribution is -0.133. The summed E-state index contributed by atoms with van der Waals surface area (Å²) in [7, 11) is -3.50. The maximum absolute atomic E-state index is 13.0. The first-order valence-corrected chi connectivity index (χ1v) is 12.3. The number of benzene rings is 1. The van der Waals surface area contributed by atoms with Gasteiger partial charge in [0.05, 0.1) is 16.8 Å². The molecule has 160 valence electrons. The molecule has 1 atom stereocenters. The molecule has 1 aromatic heterocycles. The predicted molar refractivity (Wildman–Crippen MR) is 114 cm³/mol. The van der Waals surface area contributed by atoms with Gasteiger partial charge in [-0.2, -0.15) is 0 Å². The standard InChI is InChI=1S/C23H28N2O4S/c26-23(10-13-30(27,28)22-9-8-19-5-1-6-20(19)14-22)25(17-21-7-3-12-29-21)16-18-4-2-11-24-15-18/h2,4,8-9,11,14-15,21H,1,3,5-7,10,12-13,16-17H2. The van der Waals surface area contributed by atoms with Crippen LogP contribution < -0.4 is 0 Å². The van der Waals surface area contributed by atoms with E-state index >= 15 is 0 Å². The Morgan fingerprint density at radius 3 is 2.80 bits per heavy atom. The summed E-state index contributed by atoms with van der Waals surface area (Å²) >= 11 is 0. The molecule has 1 saturated heterocycles. The summed E-state index contributed by atoms with van der Waals surface area (Å²) in [6.45, 7) is 1.60. The Balaban J connectivity index is 1.43. The number of ether oxygens (including phenoxy) is 1. The van der Waals surface area contributed by atoms with Gasteiger partial charge in [0.1, 0.15) is 0 Å². The maximum Gasteiger partial charge on any atom is 0.223 e. The van der Waals surface area contributed by atoms with Crippen LogP contribution in [0.25, 0.3) is 0 Å². The van der Waals surface area contributed by atoms with Gasteiger partial charge >= 0.3 is 0 Å². The zero-order valence-corrected chi connectivity index (χ0v) is 17.9. The van der Waals surface area contributed by atoms with Gasteiger partial charge in [-0.05, 0) is 67.0 Å². The number of aromatic nitrogens is 1. The van der Waals surface area contributed by atoms with Gasteiger partial charge in [0.25, 0.3) is 0 Å². The second-order valence-electron chi connectivity index (χ2n) is 8.12. The molecule has 1 aromatic carbocycles. The largest absolute Gasteiger partial charge is 0.376 e. The Morgan fingerprint density at radius 1 is 1.17 bits per heavy atom. The first-order chi connectivity index (χ1) is 14.5. The van der Waals surface area contributed by atoms with Crippen LogP contribution in [0.1, 0.15) is 42.4 Å². The van der Waals surface area contributed by atoms with Crippen LogP contribution in [0.3, 0.4) is 0 Å². The normalized spacial score (nSPS) is 18.3. The fourth-order valence-electron chi connectivity index (χ4n) is 4.24. The van der Waals surface area contributed by atoms with Crippen molar-refractivity contribution in [2.24, 2.45) is 0 Å². The Bertz CT molecular complexity index is 986. The Hall–Kier alpha value is -2.25. The minimum atomic E-state index is -3.50. The van der Waals surface area contributed by atoms with Gasteiger partial charge in [-0.1, -0.05) is 12.1 Å². The van der Waals surface area contributed by atoms with E-state index < -0.39 is 9.84 Å². The molecule has 30 heavy (non-hydrogen) atoms. The summed E-state index contributed by atoms with van der Waals surface area (Å²) in [6.07, 6.45) is 8.33. The van der Waals surface area contributed by atoms with E-state index in [4.69, 9.17) is 4.74 Å². The summed E-state index contributed by atoms with van der Waals surface area (Å²) in [6, 6.07) is 9.15. The number of hydrogen-bond donors (Lipinski definition) is 0. The fourth-order valence-corrected chi connectivity index (χ4v) is 5.52. The van der Waals surface area contributed by atoms with Crippen LogP contribution in [0.15, 0.2) is 47.6 Å². The molecule has 1 aliphatic heterocycles. The molecule has 0 spiro atoms. The molecule has 0 bridgehead atoms. The number of sulfone groups is 1. The molecule has 1 unspecified atom stereocenters. The van der Waals surface area contributed by atoms with E-state index in [1.54, 1.807) is 29.4 Å². The highest BCUT2D eigenvalue weighted by atomic mass is 32.2. The van der Waals surface area contributed by atoms with Crippen LogP contribution in [-0.4, -0.2) is 49.2 Å². The molecule has 6 nitrogen and oxygen atoms in total. The van der Waals surface area contributed by atoms with Crippen LogP contribution in [0.4, 0.5) is 0 Å². The Kier molecular flexibility index (Phi) is 6.49. The molecule has 0 N–H and O–H groups in total. The molecule has 2 aromatic rings. The first-order valence-electron chi connectivity index (χ1n) is 10.6. The van der Waals surface area contributed by atoms with E-state index in [0.717, 1.165) is 43.2 Å². The van der Waals surface area contributed by atoms with Crippen LogP contribution in [0, 0.1) is 0 Å². The molecule has 4 rings (SSSR count). The Morgan fingerprint density at radius 2 is 2.03 bits per heavy atom. The summed E-state index contributed by atoms with van der Waals surface area (Å²) in [5.41, 5.74) is 3.29. The van der Waals surface area contributed by atoms with Gasteiger partial charge < -0.3 is 9.64 Å². The minimum Gasteiger partial charge on any atom is -0.376 e. The number of nitrogens with zero attached hydrogens (tertiary/aromatic N) is 2. The number of carbonyl (C=O) groups excluding carboxylic acids is 1. The second-order valence-corrected chi connectivity index (χ2v) is 10.2. The summed E-state index contributed by atoms with van der Waals surface area (Å²) < 4.78 is 31.4. The van der Waals surface area contributed by atoms with E-state index in [9.17, 15) is 13.2 Å². The van der Waals surface area contributed by atoms with Gasteiger partial charge in [-0.3, -0.25) is 9.78 Å². The molecule has 2 aliphatic rings. The van der Waals surface area contributed by atoms with E-state index in [1.165, 1.54) is 5.56 Å². The van der Waals surface area contributed by atoms with Crippen molar-refractivity contribution in [2.75, 3.05) is 18.9 Å². The van der Waals surface area contributed by atoms with Crippen molar-refractivity contribution in [2.45, 2.75) is 56.1 Å². The third kappa shape index (κ3) is 5.08. The second kappa shape index (κ2) is 9.27. The SMILES string of the molecule is O=C(CCS(=O)(=O)c1ccc2c(c1)CCC2)N(Cc1cccnc1)CC1CCCO1. The van der Waals surface area contributed by atoms with Gasteiger partial charge in [-0.25, -0.2) is 8.42 Å². The van der Waals surface area contributed by atoms with E-state index in [2.05, 4.69) is 4.98 Å². The smallest absolute Gasteiger partial charge is 0.223 e. The van der Waals surface area contributed by atoms with Crippen LogP contribution in [-0.2, 0) is 38.8 Å². The van der Waals surface area contributed by atoms with Crippen molar-refractivity contribution >= 4 is 15.7 Å². The average Bonchev–Trinajstić information content (AvgIpc) is 3.43. The molecular weight excluding hydrogens is 400 g/mol. The van der Waals surface area contributed by atoms with E-state index in [0.29, 0.717) is 24.6 Å². The van der Waals surface area contributed by atoms with Crippen molar-refractivity contribution < 1.29 is 17.9 Å². The number of carbonyl (C=O) groups is 1. The van der Waals surface area contributed by atoms with Gasteiger partial charge in [0.15, 0.2) is 9.84 Å². The number of pyridine rings is 1. The van der Waals surface area contributed by atoms with Gasteiger partial charge in [0.2, 0.25) is 5.91 Å². The average molecular weight is 429 g/mol. The molecule has 0 radical (unpaired) electrons. The quantitative estimate of drug-likeness (QED) is 0.646. The zero-order valence-electron chi connectivity index (χ0n) is 17.1. The lowest BCUT2D eigenvalue weighted by Gasteiger charge is -2.25. The van der Waals surface area contributed by atoms with Crippen molar-refractivity contribution in [3.05, 3.63) is 59.4 Å². The molecule has 0 saturated carbocycles. The van der Waals surface area contributed by atoms with Crippen molar-refractivity contribution in [1.29, 1.82) is 0 Å². The molecule has 1 amide bonds. The monoisotopic (exact) mass is 428 g/mol. The zero-order chi connectivity index (χ0) is 21.0. The molecule has 1 aliphatic carbocycles. The number of fused-ring (bicyclic) bond motifs is 1. The molecule has 7 heteroatoms. The third-order valence-electron chi connectivity index (χ3n) is 5.91. The molecule has 1 fully saturated rings. The van der Waals surface area contributed by atoms with Crippen molar-refractivity contribution in [1.82, 2.24) is 9.88 Å². The van der Waals surface area contributed by atoms with Crippen LogP contribution in [0.2, 0.25) is 0 Å². The number of rotatable bonds is 8. The number of hydrogen-bond acceptors (Lipinski definition) is 5. The predicted octanol–water partition coefficient (Wildman–Crippen LogP) is 2.94. The maximum atomic E-state index is 13.0. The van der Waals surface area contributed by atoms with Gasteiger partial charge in [-0.15, -0.1) is 0 Å². The highest BCUT2D eigenvalue weighted by molar-refractivity contribution is 7.91. The van der Waals surface area contributed by atoms with Crippen LogP contribution >= 0.6 is 0 Å².